The molecule has 0 bridgehead atoms. The van der Waals surface area contributed by atoms with Gasteiger partial charge in [0.05, 0.1) is 6.61 Å². The number of morpholine rings is 1. The van der Waals surface area contributed by atoms with Crippen LogP contribution in [0, 0.1) is 0 Å². The highest BCUT2D eigenvalue weighted by atomic mass is 16.5. The van der Waals surface area contributed by atoms with E-state index in [1.807, 2.05) is 0 Å². The first-order valence-corrected chi connectivity index (χ1v) is 5.45. The van der Waals surface area contributed by atoms with Gasteiger partial charge in [0, 0.05) is 19.3 Å². The maximum absolute atomic E-state index is 10.6. The molecule has 5 heteroatoms. The van der Waals surface area contributed by atoms with Gasteiger partial charge in [-0.25, -0.2) is 9.97 Å². The first-order chi connectivity index (χ1) is 7.83. The Morgan fingerprint density at radius 2 is 2.56 bits per heavy atom. The van der Waals surface area contributed by atoms with Crippen LogP contribution in [0.5, 0.6) is 0 Å². The summed E-state index contributed by atoms with van der Waals surface area (Å²) < 4.78 is 5.61. The molecule has 1 atom stereocenters. The van der Waals surface area contributed by atoms with Crippen molar-refractivity contribution >= 4 is 6.29 Å². The van der Waals surface area contributed by atoms with Gasteiger partial charge in [0.25, 0.3) is 0 Å². The molecule has 1 aromatic heterocycles. The van der Waals surface area contributed by atoms with Crippen molar-refractivity contribution in [2.75, 3.05) is 26.2 Å². The largest absolute Gasteiger partial charge is 0.368 e. The van der Waals surface area contributed by atoms with E-state index in [-0.39, 0.29) is 6.10 Å². The fourth-order valence-corrected chi connectivity index (χ4v) is 1.76. The van der Waals surface area contributed by atoms with Crippen LogP contribution in [0.2, 0.25) is 0 Å². The lowest BCUT2D eigenvalue weighted by molar-refractivity contribution is -0.0326. The molecule has 1 aliphatic heterocycles. The Hall–Kier alpha value is -1.33. The van der Waals surface area contributed by atoms with Crippen LogP contribution in [0.3, 0.4) is 0 Å². The summed E-state index contributed by atoms with van der Waals surface area (Å²) in [6.45, 7) is 5.53. The molecule has 0 saturated carbocycles. The van der Waals surface area contributed by atoms with Crippen LogP contribution in [0.1, 0.15) is 29.3 Å². The molecule has 1 aromatic rings. The molecule has 1 unspecified atom stereocenters. The molecule has 0 spiro atoms. The smallest absolute Gasteiger partial charge is 0.168 e. The van der Waals surface area contributed by atoms with E-state index in [1.54, 1.807) is 12.3 Å². The molecule has 0 aliphatic carbocycles. The maximum Gasteiger partial charge on any atom is 0.168 e. The van der Waals surface area contributed by atoms with Crippen LogP contribution in [-0.4, -0.2) is 47.4 Å². The molecular weight excluding hydrogens is 206 g/mol. The van der Waals surface area contributed by atoms with Gasteiger partial charge in [0.15, 0.2) is 12.1 Å². The fourth-order valence-electron chi connectivity index (χ4n) is 1.76. The minimum absolute atomic E-state index is 0.117. The van der Waals surface area contributed by atoms with Gasteiger partial charge in [0.1, 0.15) is 11.8 Å². The van der Waals surface area contributed by atoms with E-state index in [0.717, 1.165) is 25.9 Å². The zero-order chi connectivity index (χ0) is 11.4. The second-order valence-electron chi connectivity index (χ2n) is 3.71. The van der Waals surface area contributed by atoms with E-state index in [4.69, 9.17) is 4.74 Å². The van der Waals surface area contributed by atoms with Gasteiger partial charge < -0.3 is 4.74 Å². The molecule has 86 valence electrons. The highest BCUT2D eigenvalue weighted by Gasteiger charge is 2.23. The highest BCUT2D eigenvalue weighted by Crippen LogP contribution is 2.18. The molecule has 16 heavy (non-hydrogen) atoms. The zero-order valence-electron chi connectivity index (χ0n) is 9.30. The van der Waals surface area contributed by atoms with Crippen LogP contribution in [0.25, 0.3) is 0 Å². The standard InChI is InChI=1S/C11H15N3O2/c1-2-14-5-6-16-10(7-14)11-12-4-3-9(8-15)13-11/h3-4,8,10H,2,5-7H2,1H3. The molecular formula is C11H15N3O2. The van der Waals surface area contributed by atoms with Gasteiger partial charge in [-0.05, 0) is 12.6 Å². The predicted octanol–water partition coefficient (Wildman–Crippen LogP) is 0.682. The zero-order valence-corrected chi connectivity index (χ0v) is 9.30. The number of likely N-dealkylation sites (N-methyl/N-ethyl adjacent to an activating group) is 1. The Balaban J connectivity index is 2.13. The summed E-state index contributed by atoms with van der Waals surface area (Å²) in [6, 6.07) is 1.59. The maximum atomic E-state index is 10.6. The van der Waals surface area contributed by atoms with Crippen molar-refractivity contribution in [3.05, 3.63) is 23.8 Å². The lowest BCUT2D eigenvalue weighted by atomic mass is 10.2. The molecule has 0 N–H and O–H groups in total. The summed E-state index contributed by atoms with van der Waals surface area (Å²) in [7, 11) is 0. The number of aldehydes is 1. The summed E-state index contributed by atoms with van der Waals surface area (Å²) in [5.74, 6) is 0.600. The molecule has 0 radical (unpaired) electrons. The molecule has 0 aromatic carbocycles. The molecule has 5 nitrogen and oxygen atoms in total. The van der Waals surface area contributed by atoms with Crippen LogP contribution in [0.15, 0.2) is 12.3 Å². The van der Waals surface area contributed by atoms with Gasteiger partial charge in [-0.3, -0.25) is 9.69 Å². The molecule has 0 amide bonds. The topological polar surface area (TPSA) is 55.3 Å². The summed E-state index contributed by atoms with van der Waals surface area (Å²) >= 11 is 0. The third-order valence-electron chi connectivity index (χ3n) is 2.70. The van der Waals surface area contributed by atoms with E-state index in [2.05, 4.69) is 21.8 Å². The van der Waals surface area contributed by atoms with Gasteiger partial charge in [-0.1, -0.05) is 6.92 Å². The number of carbonyl (C=O) groups excluding carboxylic acids is 1. The van der Waals surface area contributed by atoms with E-state index in [1.165, 1.54) is 0 Å². The van der Waals surface area contributed by atoms with Crippen molar-refractivity contribution in [2.24, 2.45) is 0 Å². The lowest BCUT2D eigenvalue weighted by Gasteiger charge is -2.31. The fraction of sp³-hybridized carbons (Fsp3) is 0.545. The second kappa shape index (κ2) is 5.14. The van der Waals surface area contributed by atoms with Crippen LogP contribution in [-0.2, 0) is 4.74 Å². The van der Waals surface area contributed by atoms with Crippen molar-refractivity contribution in [2.45, 2.75) is 13.0 Å². The van der Waals surface area contributed by atoms with Gasteiger partial charge in [-0.2, -0.15) is 0 Å². The summed E-state index contributed by atoms with van der Waals surface area (Å²) in [4.78, 5) is 21.2. The number of rotatable bonds is 3. The monoisotopic (exact) mass is 221 g/mol. The average Bonchev–Trinajstić information content (AvgIpc) is 2.39. The summed E-state index contributed by atoms with van der Waals surface area (Å²) in [5.41, 5.74) is 0.405. The predicted molar refractivity (Wildman–Crippen MR) is 58.2 cm³/mol. The molecule has 1 saturated heterocycles. The first-order valence-electron chi connectivity index (χ1n) is 5.45. The van der Waals surface area contributed by atoms with Crippen LogP contribution >= 0.6 is 0 Å². The van der Waals surface area contributed by atoms with Crippen LogP contribution in [0.4, 0.5) is 0 Å². The number of aromatic nitrogens is 2. The number of ether oxygens (including phenoxy) is 1. The second-order valence-corrected chi connectivity index (χ2v) is 3.71. The highest BCUT2D eigenvalue weighted by molar-refractivity contribution is 5.71. The number of nitrogens with zero attached hydrogens (tertiary/aromatic N) is 3. The Morgan fingerprint density at radius 1 is 1.69 bits per heavy atom. The minimum Gasteiger partial charge on any atom is -0.368 e. The van der Waals surface area contributed by atoms with Gasteiger partial charge in [-0.15, -0.1) is 0 Å². The van der Waals surface area contributed by atoms with E-state index >= 15 is 0 Å². The van der Waals surface area contributed by atoms with Crippen LogP contribution < -0.4 is 0 Å². The Bertz CT molecular complexity index is 370. The number of hydrogen-bond donors (Lipinski definition) is 0. The van der Waals surface area contributed by atoms with Gasteiger partial charge >= 0.3 is 0 Å². The molecule has 2 rings (SSSR count). The Labute approximate surface area is 94.5 Å². The molecule has 1 aliphatic rings. The minimum atomic E-state index is -0.117. The molecule has 2 heterocycles. The van der Waals surface area contributed by atoms with Crippen molar-refractivity contribution in [3.8, 4) is 0 Å². The van der Waals surface area contributed by atoms with E-state index in [9.17, 15) is 4.79 Å². The quantitative estimate of drug-likeness (QED) is 0.703. The normalized spacial score (nSPS) is 21.9. The number of hydrogen-bond acceptors (Lipinski definition) is 5. The van der Waals surface area contributed by atoms with Crippen molar-refractivity contribution in [3.63, 3.8) is 0 Å². The average molecular weight is 221 g/mol. The van der Waals surface area contributed by atoms with Crippen molar-refractivity contribution < 1.29 is 9.53 Å². The van der Waals surface area contributed by atoms with E-state index in [0.29, 0.717) is 18.1 Å². The third kappa shape index (κ3) is 2.43. The van der Waals surface area contributed by atoms with Crippen molar-refractivity contribution in [1.29, 1.82) is 0 Å². The summed E-state index contributed by atoms with van der Waals surface area (Å²) in [6.07, 6.45) is 2.21. The first kappa shape index (κ1) is 11.2. The Morgan fingerprint density at radius 3 is 3.31 bits per heavy atom. The lowest BCUT2D eigenvalue weighted by Crippen LogP contribution is -2.38. The van der Waals surface area contributed by atoms with Gasteiger partial charge in [0.2, 0.25) is 0 Å². The Kier molecular flexibility index (Phi) is 3.58. The van der Waals surface area contributed by atoms with Crippen molar-refractivity contribution in [1.82, 2.24) is 14.9 Å². The summed E-state index contributed by atoms with van der Waals surface area (Å²) in [5, 5.41) is 0. The third-order valence-corrected chi connectivity index (χ3v) is 2.70. The SMILES string of the molecule is CCN1CCOC(c2nccc(C=O)n2)C1. The molecule has 1 fully saturated rings. The van der Waals surface area contributed by atoms with E-state index < -0.39 is 0 Å². The number of carbonyl (C=O) groups is 1.